The quantitative estimate of drug-likeness (QED) is 0.397. The Kier molecular flexibility index (Phi) is 6.73. The van der Waals surface area contributed by atoms with Crippen LogP contribution < -0.4 is 0 Å². The third-order valence-electron chi connectivity index (χ3n) is 6.49. The Hall–Kier alpha value is -1.72. The van der Waals surface area contributed by atoms with Gasteiger partial charge in [-0.15, -0.1) is 0 Å². The predicted molar refractivity (Wildman–Crippen MR) is 107 cm³/mol. The molecule has 0 spiro atoms. The largest absolute Gasteiger partial charge is 0.340 e. The summed E-state index contributed by atoms with van der Waals surface area (Å²) in [5.74, 6) is -11.3. The van der Waals surface area contributed by atoms with Gasteiger partial charge in [-0.25, -0.2) is 8.78 Å². The summed E-state index contributed by atoms with van der Waals surface area (Å²) in [6.45, 7) is 3.72. The van der Waals surface area contributed by atoms with Gasteiger partial charge in [0.15, 0.2) is 11.6 Å². The smallest absolute Gasteiger partial charge is 0.203 e. The minimum Gasteiger partial charge on any atom is -0.203 e. The Morgan fingerprint density at radius 2 is 1.50 bits per heavy atom. The highest BCUT2D eigenvalue weighted by molar-refractivity contribution is 5.76. The topological polar surface area (TPSA) is 0 Å². The van der Waals surface area contributed by atoms with E-state index in [1.54, 1.807) is 6.92 Å². The van der Waals surface area contributed by atoms with Gasteiger partial charge in [-0.2, -0.15) is 17.6 Å². The standard InChI is InChI=1S/C24H28F6/c1-3-5-15-7-9-16(10-8-15)18-12-13-19(22(26)21(18)25)20-14-11-17(6-4-2)23(27,28)24(20,29)30/h11-16H,3-10H2,1-2H3. The molecule has 30 heavy (non-hydrogen) atoms. The zero-order chi connectivity index (χ0) is 22.1. The molecular formula is C24H28F6. The van der Waals surface area contributed by atoms with Gasteiger partial charge < -0.3 is 0 Å². The zero-order valence-electron chi connectivity index (χ0n) is 17.4. The number of alkyl halides is 4. The summed E-state index contributed by atoms with van der Waals surface area (Å²) in [4.78, 5) is 0. The van der Waals surface area contributed by atoms with Crippen molar-refractivity contribution in [3.8, 4) is 0 Å². The molecule has 2 aliphatic rings. The van der Waals surface area contributed by atoms with E-state index in [1.165, 1.54) is 6.07 Å². The van der Waals surface area contributed by atoms with Crippen molar-refractivity contribution in [3.05, 3.63) is 52.6 Å². The van der Waals surface area contributed by atoms with Gasteiger partial charge >= 0.3 is 11.8 Å². The van der Waals surface area contributed by atoms with Crippen LogP contribution in [0.15, 0.2) is 29.9 Å². The number of rotatable bonds is 6. The molecule has 0 N–H and O–H groups in total. The summed E-state index contributed by atoms with van der Waals surface area (Å²) in [5.41, 5.74) is -2.52. The molecule has 0 aromatic heterocycles. The van der Waals surface area contributed by atoms with Crippen LogP contribution in [-0.2, 0) is 0 Å². The summed E-state index contributed by atoms with van der Waals surface area (Å²) in [7, 11) is 0. The van der Waals surface area contributed by atoms with E-state index in [1.807, 2.05) is 0 Å². The van der Waals surface area contributed by atoms with E-state index in [0.717, 1.165) is 43.9 Å². The molecule has 1 aromatic rings. The number of hydrogen-bond acceptors (Lipinski definition) is 0. The second-order valence-corrected chi connectivity index (χ2v) is 8.51. The van der Waals surface area contributed by atoms with Gasteiger partial charge in [0.05, 0.1) is 0 Å². The molecule has 1 aromatic carbocycles. The molecular weight excluding hydrogens is 402 g/mol. The van der Waals surface area contributed by atoms with E-state index in [0.29, 0.717) is 18.8 Å². The van der Waals surface area contributed by atoms with Crippen LogP contribution in [0.3, 0.4) is 0 Å². The van der Waals surface area contributed by atoms with E-state index in [2.05, 4.69) is 6.92 Å². The maximum absolute atomic E-state index is 14.8. The van der Waals surface area contributed by atoms with Crippen LogP contribution in [0.2, 0.25) is 0 Å². The van der Waals surface area contributed by atoms with Crippen molar-refractivity contribution < 1.29 is 26.3 Å². The average molecular weight is 430 g/mol. The molecule has 0 unspecified atom stereocenters. The Morgan fingerprint density at radius 1 is 0.833 bits per heavy atom. The van der Waals surface area contributed by atoms with E-state index < -0.39 is 40.2 Å². The molecule has 1 saturated carbocycles. The minimum atomic E-state index is -4.61. The van der Waals surface area contributed by atoms with E-state index in [9.17, 15) is 26.3 Å². The van der Waals surface area contributed by atoms with Gasteiger partial charge in [0, 0.05) is 16.7 Å². The van der Waals surface area contributed by atoms with Crippen LogP contribution in [0.4, 0.5) is 26.3 Å². The monoisotopic (exact) mass is 430 g/mol. The van der Waals surface area contributed by atoms with E-state index in [4.69, 9.17) is 0 Å². The fourth-order valence-electron chi connectivity index (χ4n) is 4.79. The van der Waals surface area contributed by atoms with Crippen LogP contribution in [0, 0.1) is 17.6 Å². The molecule has 0 radical (unpaired) electrons. The lowest BCUT2D eigenvalue weighted by molar-refractivity contribution is -0.149. The van der Waals surface area contributed by atoms with Gasteiger partial charge in [0.25, 0.3) is 0 Å². The molecule has 0 aliphatic heterocycles. The summed E-state index contributed by atoms with van der Waals surface area (Å²) in [5, 5.41) is 0. The van der Waals surface area contributed by atoms with Crippen LogP contribution in [0.5, 0.6) is 0 Å². The minimum absolute atomic E-state index is 0.153. The maximum atomic E-state index is 14.8. The fraction of sp³-hybridized carbons (Fsp3) is 0.583. The molecule has 2 aliphatic carbocycles. The second-order valence-electron chi connectivity index (χ2n) is 8.51. The third kappa shape index (κ3) is 3.94. The van der Waals surface area contributed by atoms with Crippen molar-refractivity contribution in [2.45, 2.75) is 83.0 Å². The highest BCUT2D eigenvalue weighted by Gasteiger charge is 2.62. The highest BCUT2D eigenvalue weighted by atomic mass is 19.3. The van der Waals surface area contributed by atoms with Crippen LogP contribution in [-0.4, -0.2) is 11.8 Å². The second kappa shape index (κ2) is 8.80. The summed E-state index contributed by atoms with van der Waals surface area (Å²) in [6, 6.07) is 2.32. The molecule has 6 heteroatoms. The van der Waals surface area contributed by atoms with Crippen LogP contribution >= 0.6 is 0 Å². The van der Waals surface area contributed by atoms with Gasteiger partial charge in [-0.1, -0.05) is 57.4 Å². The molecule has 0 nitrogen and oxygen atoms in total. The highest BCUT2D eigenvalue weighted by Crippen LogP contribution is 2.52. The number of halogens is 6. The molecule has 0 bridgehead atoms. The molecule has 0 saturated heterocycles. The number of allylic oxidation sites excluding steroid dienone is 4. The van der Waals surface area contributed by atoms with Crippen molar-refractivity contribution in [1.29, 1.82) is 0 Å². The van der Waals surface area contributed by atoms with Crippen LogP contribution in [0.1, 0.15) is 82.3 Å². The first-order valence-electron chi connectivity index (χ1n) is 10.8. The first kappa shape index (κ1) is 23.0. The van der Waals surface area contributed by atoms with Gasteiger partial charge in [0.2, 0.25) is 0 Å². The van der Waals surface area contributed by atoms with Gasteiger partial charge in [-0.3, -0.25) is 0 Å². The van der Waals surface area contributed by atoms with E-state index >= 15 is 0 Å². The first-order chi connectivity index (χ1) is 14.1. The molecule has 3 rings (SSSR count). The first-order valence-corrected chi connectivity index (χ1v) is 10.8. The summed E-state index contributed by atoms with van der Waals surface area (Å²) in [6.07, 6.45) is 7.24. The van der Waals surface area contributed by atoms with Crippen molar-refractivity contribution in [1.82, 2.24) is 0 Å². The van der Waals surface area contributed by atoms with Crippen molar-refractivity contribution in [3.63, 3.8) is 0 Å². The SMILES string of the molecule is CCCC1=CC=C(c2ccc(C3CCC(CCC)CC3)c(F)c2F)C(F)(F)C1(F)F. The Balaban J connectivity index is 1.92. The molecule has 0 heterocycles. The number of benzene rings is 1. The Bertz CT molecular complexity index is 828. The Labute approximate surface area is 174 Å². The Morgan fingerprint density at radius 3 is 2.10 bits per heavy atom. The number of hydrogen-bond donors (Lipinski definition) is 0. The zero-order valence-corrected chi connectivity index (χ0v) is 17.4. The van der Waals surface area contributed by atoms with Gasteiger partial charge in [-0.05, 0) is 49.5 Å². The lowest BCUT2D eigenvalue weighted by Crippen LogP contribution is -2.44. The van der Waals surface area contributed by atoms with Gasteiger partial charge in [0.1, 0.15) is 0 Å². The van der Waals surface area contributed by atoms with Crippen molar-refractivity contribution in [2.75, 3.05) is 0 Å². The maximum Gasteiger partial charge on any atom is 0.340 e. The van der Waals surface area contributed by atoms with Crippen molar-refractivity contribution in [2.24, 2.45) is 5.92 Å². The molecule has 1 fully saturated rings. The molecule has 166 valence electrons. The lowest BCUT2D eigenvalue weighted by Gasteiger charge is -2.34. The normalized spacial score (nSPS) is 25.6. The van der Waals surface area contributed by atoms with Crippen LogP contribution in [0.25, 0.3) is 5.57 Å². The molecule has 0 amide bonds. The summed E-state index contributed by atoms with van der Waals surface area (Å²) < 4.78 is 87.7. The van der Waals surface area contributed by atoms with E-state index in [-0.39, 0.29) is 24.3 Å². The summed E-state index contributed by atoms with van der Waals surface area (Å²) >= 11 is 0. The third-order valence-corrected chi connectivity index (χ3v) is 6.49. The molecule has 0 atom stereocenters. The predicted octanol–water partition coefficient (Wildman–Crippen LogP) is 8.43. The van der Waals surface area contributed by atoms with Crippen molar-refractivity contribution >= 4 is 5.57 Å². The lowest BCUT2D eigenvalue weighted by atomic mass is 9.76. The average Bonchev–Trinajstić information content (AvgIpc) is 2.70. The fourth-order valence-corrected chi connectivity index (χ4v) is 4.79.